The van der Waals surface area contributed by atoms with Crippen LogP contribution in [-0.2, 0) is 6.54 Å². The summed E-state index contributed by atoms with van der Waals surface area (Å²) >= 11 is 3.43. The Hall–Kier alpha value is -2.92. The first-order valence-electron chi connectivity index (χ1n) is 8.24. The smallest absolute Gasteiger partial charge is 0.255 e. The number of rotatable bonds is 4. The molecule has 26 heavy (non-hydrogen) atoms. The highest BCUT2D eigenvalue weighted by Gasteiger charge is 2.08. The van der Waals surface area contributed by atoms with Crippen LogP contribution in [0, 0.1) is 0 Å². The van der Waals surface area contributed by atoms with Gasteiger partial charge in [0, 0.05) is 16.2 Å². The highest BCUT2D eigenvalue weighted by atomic mass is 79.9. The van der Waals surface area contributed by atoms with Crippen LogP contribution in [0.3, 0.4) is 0 Å². The molecule has 3 aromatic carbocycles. The van der Waals surface area contributed by atoms with Gasteiger partial charge < -0.3 is 5.32 Å². The molecule has 0 fully saturated rings. The Labute approximate surface area is 159 Å². The zero-order valence-electron chi connectivity index (χ0n) is 13.9. The van der Waals surface area contributed by atoms with Gasteiger partial charge in [0.05, 0.1) is 18.4 Å². The second kappa shape index (κ2) is 7.14. The van der Waals surface area contributed by atoms with Crippen molar-refractivity contribution in [2.45, 2.75) is 6.54 Å². The summed E-state index contributed by atoms with van der Waals surface area (Å²) in [5, 5.41) is 9.39. The van der Waals surface area contributed by atoms with E-state index in [1.54, 1.807) is 10.9 Å². The molecule has 1 N–H and O–H groups in total. The van der Waals surface area contributed by atoms with E-state index in [-0.39, 0.29) is 5.91 Å². The topological polar surface area (TPSA) is 46.9 Å². The van der Waals surface area contributed by atoms with Gasteiger partial charge in [0.1, 0.15) is 0 Å². The van der Waals surface area contributed by atoms with Gasteiger partial charge in [-0.3, -0.25) is 9.48 Å². The number of carbonyl (C=O) groups excluding carboxylic acids is 1. The van der Waals surface area contributed by atoms with Crippen molar-refractivity contribution in [2.24, 2.45) is 0 Å². The summed E-state index contributed by atoms with van der Waals surface area (Å²) in [7, 11) is 0. The number of aromatic nitrogens is 2. The zero-order chi connectivity index (χ0) is 17.9. The molecule has 0 saturated heterocycles. The number of hydrogen-bond donors (Lipinski definition) is 1. The number of nitrogens with one attached hydrogen (secondary N) is 1. The van der Waals surface area contributed by atoms with Gasteiger partial charge >= 0.3 is 0 Å². The molecular formula is C21H16BrN3O. The van der Waals surface area contributed by atoms with Crippen molar-refractivity contribution in [3.8, 4) is 0 Å². The van der Waals surface area contributed by atoms with Gasteiger partial charge in [-0.05, 0) is 40.6 Å². The predicted octanol–water partition coefficient (Wildman–Crippen LogP) is 5.10. The molecule has 1 amide bonds. The molecule has 0 saturated carbocycles. The second-order valence-electron chi connectivity index (χ2n) is 6.07. The van der Waals surface area contributed by atoms with E-state index in [9.17, 15) is 4.79 Å². The van der Waals surface area contributed by atoms with Crippen molar-refractivity contribution in [3.63, 3.8) is 0 Å². The number of hydrogen-bond acceptors (Lipinski definition) is 2. The third kappa shape index (κ3) is 3.68. The quantitative estimate of drug-likeness (QED) is 0.513. The molecule has 0 radical (unpaired) electrons. The van der Waals surface area contributed by atoms with Crippen molar-refractivity contribution in [1.82, 2.24) is 9.78 Å². The normalized spacial score (nSPS) is 10.8. The summed E-state index contributed by atoms with van der Waals surface area (Å²) in [4.78, 5) is 12.5. The molecule has 0 aliphatic carbocycles. The van der Waals surface area contributed by atoms with Crippen LogP contribution in [0.15, 0.2) is 83.6 Å². The Balaban J connectivity index is 1.47. The molecule has 128 valence electrons. The minimum Gasteiger partial charge on any atom is -0.319 e. The van der Waals surface area contributed by atoms with Gasteiger partial charge in [-0.2, -0.15) is 5.10 Å². The SMILES string of the molecule is O=C(Nc1cnn(Cc2ccc(Br)cc2)c1)c1ccc2ccccc2c1. The Morgan fingerprint density at radius 2 is 1.77 bits per heavy atom. The standard InChI is InChI=1S/C21H16BrN3O/c22-19-9-5-15(6-10-19)13-25-14-20(12-23-25)24-21(26)18-8-7-16-3-1-2-4-17(16)11-18/h1-12,14H,13H2,(H,24,26). The Morgan fingerprint density at radius 1 is 1.00 bits per heavy atom. The third-order valence-electron chi connectivity index (χ3n) is 4.16. The molecule has 0 unspecified atom stereocenters. The van der Waals surface area contributed by atoms with E-state index in [0.29, 0.717) is 17.8 Å². The van der Waals surface area contributed by atoms with Gasteiger partial charge in [-0.15, -0.1) is 0 Å². The lowest BCUT2D eigenvalue weighted by molar-refractivity contribution is 0.102. The number of benzene rings is 3. The van der Waals surface area contributed by atoms with Crippen LogP contribution >= 0.6 is 15.9 Å². The van der Waals surface area contributed by atoms with Crippen LogP contribution in [0.5, 0.6) is 0 Å². The Bertz CT molecular complexity index is 1070. The molecule has 0 atom stereocenters. The van der Waals surface area contributed by atoms with Crippen molar-refractivity contribution in [3.05, 3.63) is 94.7 Å². The first-order chi connectivity index (χ1) is 12.7. The summed E-state index contributed by atoms with van der Waals surface area (Å²) in [5.41, 5.74) is 2.45. The maximum atomic E-state index is 12.5. The largest absolute Gasteiger partial charge is 0.319 e. The van der Waals surface area contributed by atoms with Gasteiger partial charge in [0.25, 0.3) is 5.91 Å². The molecule has 0 aliphatic heterocycles. The average molecular weight is 406 g/mol. The first kappa shape index (κ1) is 16.5. The molecule has 0 bridgehead atoms. The van der Waals surface area contributed by atoms with Gasteiger partial charge in [0.15, 0.2) is 0 Å². The lowest BCUT2D eigenvalue weighted by Gasteiger charge is -2.05. The molecule has 1 heterocycles. The average Bonchev–Trinajstić information content (AvgIpc) is 3.10. The van der Waals surface area contributed by atoms with Crippen LogP contribution in [0.1, 0.15) is 15.9 Å². The zero-order valence-corrected chi connectivity index (χ0v) is 15.5. The number of fused-ring (bicyclic) bond motifs is 1. The fourth-order valence-electron chi connectivity index (χ4n) is 2.83. The van der Waals surface area contributed by atoms with E-state index >= 15 is 0 Å². The summed E-state index contributed by atoms with van der Waals surface area (Å²) in [6.45, 7) is 0.652. The minimum absolute atomic E-state index is 0.140. The summed E-state index contributed by atoms with van der Waals surface area (Å²) in [6.07, 6.45) is 3.50. The van der Waals surface area contributed by atoms with Crippen molar-refractivity contribution >= 4 is 38.3 Å². The molecule has 1 aromatic heterocycles. The van der Waals surface area contributed by atoms with E-state index < -0.39 is 0 Å². The second-order valence-corrected chi connectivity index (χ2v) is 6.98. The van der Waals surface area contributed by atoms with Crippen LogP contribution in [0.4, 0.5) is 5.69 Å². The minimum atomic E-state index is -0.140. The summed E-state index contributed by atoms with van der Waals surface area (Å²) in [5.74, 6) is -0.140. The van der Waals surface area contributed by atoms with E-state index in [0.717, 1.165) is 20.8 Å². The Morgan fingerprint density at radius 3 is 2.58 bits per heavy atom. The number of halogens is 1. The molecule has 4 rings (SSSR count). The molecule has 0 spiro atoms. The molecule has 4 aromatic rings. The van der Waals surface area contributed by atoms with Gasteiger partial charge in [0.2, 0.25) is 0 Å². The fraction of sp³-hybridized carbons (Fsp3) is 0.0476. The van der Waals surface area contributed by atoms with E-state index in [1.165, 1.54) is 0 Å². The van der Waals surface area contributed by atoms with E-state index in [4.69, 9.17) is 0 Å². The molecular weight excluding hydrogens is 390 g/mol. The van der Waals surface area contributed by atoms with Crippen LogP contribution in [0.2, 0.25) is 0 Å². The van der Waals surface area contributed by atoms with Crippen molar-refractivity contribution in [1.29, 1.82) is 0 Å². The highest BCUT2D eigenvalue weighted by molar-refractivity contribution is 9.10. The molecule has 0 aliphatic rings. The lowest BCUT2D eigenvalue weighted by atomic mass is 10.1. The molecule has 4 nitrogen and oxygen atoms in total. The van der Waals surface area contributed by atoms with Gasteiger partial charge in [-0.1, -0.05) is 58.4 Å². The number of amides is 1. The van der Waals surface area contributed by atoms with E-state index in [2.05, 4.69) is 26.3 Å². The summed E-state index contributed by atoms with van der Waals surface area (Å²) < 4.78 is 2.85. The summed E-state index contributed by atoms with van der Waals surface area (Å²) in [6, 6.07) is 21.8. The first-order valence-corrected chi connectivity index (χ1v) is 9.04. The maximum Gasteiger partial charge on any atom is 0.255 e. The van der Waals surface area contributed by atoms with Gasteiger partial charge in [-0.25, -0.2) is 0 Å². The lowest BCUT2D eigenvalue weighted by Crippen LogP contribution is -2.11. The van der Waals surface area contributed by atoms with Crippen LogP contribution < -0.4 is 5.32 Å². The number of nitrogens with zero attached hydrogens (tertiary/aromatic N) is 2. The Kier molecular flexibility index (Phi) is 4.54. The van der Waals surface area contributed by atoms with Crippen molar-refractivity contribution < 1.29 is 4.79 Å². The predicted molar refractivity (Wildman–Crippen MR) is 107 cm³/mol. The highest BCUT2D eigenvalue weighted by Crippen LogP contribution is 2.17. The van der Waals surface area contributed by atoms with E-state index in [1.807, 2.05) is 72.9 Å². The van der Waals surface area contributed by atoms with Crippen molar-refractivity contribution in [2.75, 3.05) is 5.32 Å². The van der Waals surface area contributed by atoms with Crippen LogP contribution in [0.25, 0.3) is 10.8 Å². The van der Waals surface area contributed by atoms with Crippen LogP contribution in [-0.4, -0.2) is 15.7 Å². The third-order valence-corrected chi connectivity index (χ3v) is 4.69. The molecule has 5 heteroatoms. The number of anilines is 1. The monoisotopic (exact) mass is 405 g/mol. The fourth-order valence-corrected chi connectivity index (χ4v) is 3.09. The number of carbonyl (C=O) groups is 1. The maximum absolute atomic E-state index is 12.5.